The van der Waals surface area contributed by atoms with Crippen LogP contribution < -0.4 is 10.4 Å². The van der Waals surface area contributed by atoms with Crippen molar-refractivity contribution in [2.24, 2.45) is 7.05 Å². The summed E-state index contributed by atoms with van der Waals surface area (Å²) in [6, 6.07) is 10.9. The topological polar surface area (TPSA) is 98.6 Å². The van der Waals surface area contributed by atoms with E-state index in [9.17, 15) is 9.18 Å². The lowest BCUT2D eigenvalue weighted by Crippen LogP contribution is -2.05. The zero-order valence-electron chi connectivity index (χ0n) is 19.0. The van der Waals surface area contributed by atoms with Crippen molar-refractivity contribution >= 4 is 23.1 Å². The Hall–Kier alpha value is -4.03. The van der Waals surface area contributed by atoms with Gasteiger partial charge < -0.3 is 9.30 Å². The first-order valence-corrected chi connectivity index (χ1v) is 11.9. The van der Waals surface area contributed by atoms with Crippen LogP contribution in [0.3, 0.4) is 0 Å². The van der Waals surface area contributed by atoms with Gasteiger partial charge in [-0.05, 0) is 47.4 Å². The molecule has 13 heteroatoms. The largest absolute Gasteiger partial charge is 0.473 e. The number of hydrogen-bond acceptors (Lipinski definition) is 7. The Morgan fingerprint density at radius 2 is 1.81 bits per heavy atom. The van der Waals surface area contributed by atoms with Crippen molar-refractivity contribution in [3.05, 3.63) is 98.4 Å². The van der Waals surface area contributed by atoms with Crippen LogP contribution >= 0.6 is 23.1 Å². The van der Waals surface area contributed by atoms with Crippen LogP contribution in [0.2, 0.25) is 5.02 Å². The second-order valence-electron chi connectivity index (χ2n) is 7.91. The number of halogens is 4. The van der Waals surface area contributed by atoms with Crippen LogP contribution in [0.15, 0.2) is 53.3 Å². The summed E-state index contributed by atoms with van der Waals surface area (Å²) >= 11 is 6.76. The molecular weight excluding hydrogens is 529 g/mol. The average Bonchev–Trinajstić information content (AvgIpc) is 3.46. The molecule has 2 aromatic carbocycles. The Morgan fingerprint density at radius 3 is 2.57 bits per heavy atom. The van der Waals surface area contributed by atoms with Crippen LogP contribution in [-0.4, -0.2) is 29.1 Å². The summed E-state index contributed by atoms with van der Waals surface area (Å²) in [4.78, 5) is 19.3. The average molecular weight is 545 g/mol. The summed E-state index contributed by atoms with van der Waals surface area (Å²) in [6.07, 6.45) is -0.0465. The summed E-state index contributed by atoms with van der Waals surface area (Å²) in [5.41, 5.74) is -0.0973. The van der Waals surface area contributed by atoms with Crippen molar-refractivity contribution in [3.8, 4) is 28.0 Å². The molecular formula is C24H16ClF3N6O2S. The van der Waals surface area contributed by atoms with Crippen LogP contribution in [-0.2, 0) is 20.1 Å². The first-order chi connectivity index (χ1) is 17.8. The van der Waals surface area contributed by atoms with Gasteiger partial charge in [0.2, 0.25) is 5.88 Å². The molecule has 37 heavy (non-hydrogen) atoms. The van der Waals surface area contributed by atoms with E-state index in [1.807, 2.05) is 0 Å². The Labute approximate surface area is 216 Å². The highest BCUT2D eigenvalue weighted by Crippen LogP contribution is 2.28. The molecule has 0 aliphatic rings. The van der Waals surface area contributed by atoms with Gasteiger partial charge in [0.25, 0.3) is 0 Å². The number of nitrogens with zero attached hydrogens (tertiary/aromatic N) is 5. The van der Waals surface area contributed by atoms with Gasteiger partial charge in [-0.1, -0.05) is 23.7 Å². The van der Waals surface area contributed by atoms with Crippen LogP contribution in [0, 0.1) is 17.5 Å². The molecule has 0 fully saturated rings. The molecule has 1 N–H and O–H groups in total. The van der Waals surface area contributed by atoms with Gasteiger partial charge in [-0.3, -0.25) is 4.37 Å². The second-order valence-corrected chi connectivity index (χ2v) is 9.14. The molecule has 5 aromatic rings. The molecule has 5 rings (SSSR count). The predicted molar refractivity (Wildman–Crippen MR) is 131 cm³/mol. The van der Waals surface area contributed by atoms with E-state index in [4.69, 9.17) is 16.3 Å². The van der Waals surface area contributed by atoms with Crippen LogP contribution in [0.1, 0.15) is 17.0 Å². The van der Waals surface area contributed by atoms with E-state index in [1.54, 1.807) is 17.7 Å². The number of hydrogen-bond donors (Lipinski definition) is 1. The summed E-state index contributed by atoms with van der Waals surface area (Å²) in [5.74, 6) is -1.09. The minimum Gasteiger partial charge on any atom is -0.473 e. The van der Waals surface area contributed by atoms with Crippen molar-refractivity contribution in [1.29, 1.82) is 0 Å². The van der Waals surface area contributed by atoms with Gasteiger partial charge >= 0.3 is 5.69 Å². The van der Waals surface area contributed by atoms with Gasteiger partial charge in [0.1, 0.15) is 29.9 Å². The normalized spacial score (nSPS) is 11.2. The molecule has 8 nitrogen and oxygen atoms in total. The molecule has 0 unspecified atom stereocenters. The Morgan fingerprint density at radius 1 is 1.00 bits per heavy atom. The van der Waals surface area contributed by atoms with Gasteiger partial charge in [0.05, 0.1) is 5.69 Å². The van der Waals surface area contributed by atoms with Crippen LogP contribution in [0.25, 0.3) is 22.1 Å². The van der Waals surface area contributed by atoms with Gasteiger partial charge in [0, 0.05) is 35.7 Å². The Bertz CT molecular complexity index is 1670. The quantitative estimate of drug-likeness (QED) is 0.312. The maximum absolute atomic E-state index is 15.1. The first-order valence-electron chi connectivity index (χ1n) is 10.7. The van der Waals surface area contributed by atoms with Gasteiger partial charge in [-0.25, -0.2) is 22.9 Å². The van der Waals surface area contributed by atoms with E-state index in [-0.39, 0.29) is 46.3 Å². The number of ether oxygens (including phenoxy) is 1. The van der Waals surface area contributed by atoms with E-state index in [1.165, 1.54) is 30.3 Å². The molecule has 0 saturated carbocycles. The number of rotatable bonds is 7. The fourth-order valence-electron chi connectivity index (χ4n) is 3.55. The molecule has 0 atom stereocenters. The Kier molecular flexibility index (Phi) is 6.76. The van der Waals surface area contributed by atoms with Crippen LogP contribution in [0.5, 0.6) is 5.88 Å². The lowest BCUT2D eigenvalue weighted by atomic mass is 10.0. The highest BCUT2D eigenvalue weighted by molar-refractivity contribution is 7.08. The number of aromatic nitrogens is 6. The van der Waals surface area contributed by atoms with Crippen molar-refractivity contribution in [2.75, 3.05) is 0 Å². The van der Waals surface area contributed by atoms with Crippen molar-refractivity contribution in [1.82, 2.24) is 29.1 Å². The fraction of sp³-hybridized carbons (Fsp3) is 0.125. The molecule has 0 spiro atoms. The van der Waals surface area contributed by atoms with Crippen molar-refractivity contribution < 1.29 is 17.9 Å². The Balaban J connectivity index is 1.36. The minimum absolute atomic E-state index is 0.0465. The third-order valence-corrected chi connectivity index (χ3v) is 6.45. The lowest BCUT2D eigenvalue weighted by Gasteiger charge is -2.10. The van der Waals surface area contributed by atoms with E-state index < -0.39 is 23.1 Å². The van der Waals surface area contributed by atoms with Gasteiger partial charge in [-0.2, -0.15) is 4.98 Å². The third-order valence-electron chi connectivity index (χ3n) is 5.47. The van der Waals surface area contributed by atoms with Crippen molar-refractivity contribution in [2.45, 2.75) is 13.0 Å². The summed E-state index contributed by atoms with van der Waals surface area (Å²) in [6.45, 7) is -0.121. The smallest absolute Gasteiger partial charge is 0.355 e. The minimum atomic E-state index is -0.697. The maximum Gasteiger partial charge on any atom is 0.355 e. The summed E-state index contributed by atoms with van der Waals surface area (Å²) in [7, 11) is 1.64. The SMILES string of the molecule is Cn1c(Cc2cc(F)c(-c3cccc(OCc4ccc(Cl)cc4F)n3)cc2F)nnc1-c1nc(=O)[nH]s1. The van der Waals surface area contributed by atoms with E-state index in [0.717, 1.165) is 23.7 Å². The molecule has 0 amide bonds. The number of nitrogens with one attached hydrogen (secondary N) is 1. The van der Waals surface area contributed by atoms with Gasteiger partial charge in [0.15, 0.2) is 10.8 Å². The van der Waals surface area contributed by atoms with E-state index >= 15 is 8.78 Å². The van der Waals surface area contributed by atoms with E-state index in [0.29, 0.717) is 16.7 Å². The standard InChI is InChI=1S/C24H16ClF3N6O2S/c1-34-20(31-32-22(34)23-30-24(35)33-37-23)8-13-7-18(28)15(10-17(13)27)19-3-2-4-21(29-19)36-11-12-5-6-14(25)9-16(12)26/h2-7,9-10H,8,11H2,1H3,(H,33,35). The third kappa shape index (κ3) is 5.25. The molecule has 0 radical (unpaired) electrons. The lowest BCUT2D eigenvalue weighted by molar-refractivity contribution is 0.288. The van der Waals surface area contributed by atoms with E-state index in [2.05, 4.69) is 24.5 Å². The summed E-state index contributed by atoms with van der Waals surface area (Å²) < 4.78 is 53.7. The first kappa shape index (κ1) is 24.7. The zero-order chi connectivity index (χ0) is 26.1. The molecule has 0 aliphatic heterocycles. The molecule has 188 valence electrons. The monoisotopic (exact) mass is 544 g/mol. The maximum atomic E-state index is 15.1. The van der Waals surface area contributed by atoms with Gasteiger partial charge in [-0.15, -0.1) is 10.2 Å². The molecule has 3 aromatic heterocycles. The van der Waals surface area contributed by atoms with Crippen molar-refractivity contribution in [3.63, 3.8) is 0 Å². The number of H-pyrrole nitrogens is 1. The molecule has 3 heterocycles. The predicted octanol–water partition coefficient (Wildman–Crippen LogP) is 4.93. The second kappa shape index (κ2) is 10.1. The number of benzene rings is 2. The van der Waals surface area contributed by atoms with Crippen LogP contribution in [0.4, 0.5) is 13.2 Å². The molecule has 0 bridgehead atoms. The summed E-state index contributed by atoms with van der Waals surface area (Å²) in [5, 5.41) is 8.63. The zero-order valence-corrected chi connectivity index (χ0v) is 20.6. The number of aromatic amines is 1. The highest BCUT2D eigenvalue weighted by Gasteiger charge is 2.18. The molecule has 0 aliphatic carbocycles. The highest BCUT2D eigenvalue weighted by atomic mass is 35.5. The molecule has 0 saturated heterocycles. The fourth-order valence-corrected chi connectivity index (χ4v) is 4.34. The number of pyridine rings is 1.